The van der Waals surface area contributed by atoms with Crippen molar-refractivity contribution in [3.8, 4) is 0 Å². The van der Waals surface area contributed by atoms with Gasteiger partial charge in [0.1, 0.15) is 0 Å². The molecule has 2 unspecified atom stereocenters. The van der Waals surface area contributed by atoms with E-state index in [1.165, 1.54) is 6.42 Å². The van der Waals surface area contributed by atoms with E-state index in [0.717, 1.165) is 17.4 Å². The average Bonchev–Trinajstić information content (AvgIpc) is 3.10. The fourth-order valence-electron chi connectivity index (χ4n) is 1.91. The summed E-state index contributed by atoms with van der Waals surface area (Å²) >= 11 is 0. The highest BCUT2D eigenvalue weighted by Gasteiger charge is 2.33. The molecule has 1 aromatic carbocycles. The van der Waals surface area contributed by atoms with Gasteiger partial charge in [-0.15, -0.1) is 24.0 Å². The van der Waals surface area contributed by atoms with Gasteiger partial charge in [0.25, 0.3) is 0 Å². The number of primary amides is 1. The molecule has 0 saturated heterocycles. The maximum Gasteiger partial charge on any atom is 0.248 e. The Morgan fingerprint density at radius 1 is 1.50 bits per heavy atom. The van der Waals surface area contributed by atoms with E-state index in [1.807, 2.05) is 12.1 Å². The van der Waals surface area contributed by atoms with E-state index in [2.05, 4.69) is 22.5 Å². The van der Waals surface area contributed by atoms with E-state index >= 15 is 0 Å². The third-order valence-corrected chi connectivity index (χ3v) is 3.33. The first-order valence-corrected chi connectivity index (χ1v) is 6.46. The van der Waals surface area contributed by atoms with Crippen LogP contribution in [0.3, 0.4) is 0 Å². The molecule has 4 N–H and O–H groups in total. The standard InChI is InChI=1S/C14H20N4O.HI/c1-9-6-12(9)18-14(16-2)17-8-10-4-3-5-11(7-10)13(15)19;/h3-5,7,9,12H,6,8H2,1-2H3,(H2,15,19)(H2,16,17,18);1H. The predicted octanol–water partition coefficient (Wildman–Crippen LogP) is 1.48. The van der Waals surface area contributed by atoms with Crippen LogP contribution in [-0.2, 0) is 6.54 Å². The molecule has 0 aliphatic heterocycles. The maximum atomic E-state index is 11.1. The molecular weight excluding hydrogens is 367 g/mol. The van der Waals surface area contributed by atoms with E-state index < -0.39 is 5.91 Å². The van der Waals surface area contributed by atoms with Crippen LogP contribution in [0.2, 0.25) is 0 Å². The van der Waals surface area contributed by atoms with Crippen LogP contribution in [0.1, 0.15) is 29.3 Å². The molecule has 0 heterocycles. The Kier molecular flexibility index (Phi) is 6.25. The lowest BCUT2D eigenvalue weighted by atomic mass is 10.1. The number of rotatable bonds is 4. The summed E-state index contributed by atoms with van der Waals surface area (Å²) in [7, 11) is 1.75. The van der Waals surface area contributed by atoms with Crippen LogP contribution in [0.5, 0.6) is 0 Å². The summed E-state index contributed by atoms with van der Waals surface area (Å²) in [5.74, 6) is 1.10. The van der Waals surface area contributed by atoms with E-state index in [1.54, 1.807) is 19.2 Å². The molecule has 0 aromatic heterocycles. The first-order valence-electron chi connectivity index (χ1n) is 6.46. The lowest BCUT2D eigenvalue weighted by Crippen LogP contribution is -2.38. The van der Waals surface area contributed by atoms with Crippen molar-refractivity contribution in [2.24, 2.45) is 16.6 Å². The second-order valence-corrected chi connectivity index (χ2v) is 4.95. The lowest BCUT2D eigenvalue weighted by Gasteiger charge is -2.11. The Bertz CT molecular complexity index is 504. The van der Waals surface area contributed by atoms with Crippen molar-refractivity contribution in [2.75, 3.05) is 7.05 Å². The molecule has 1 fully saturated rings. The minimum atomic E-state index is -0.406. The van der Waals surface area contributed by atoms with Gasteiger partial charge < -0.3 is 16.4 Å². The molecular formula is C14H21IN4O. The van der Waals surface area contributed by atoms with Gasteiger partial charge in [0, 0.05) is 25.2 Å². The van der Waals surface area contributed by atoms with Crippen molar-refractivity contribution in [1.82, 2.24) is 10.6 Å². The summed E-state index contributed by atoms with van der Waals surface area (Å²) in [6.07, 6.45) is 1.19. The zero-order valence-electron chi connectivity index (χ0n) is 11.7. The number of benzene rings is 1. The van der Waals surface area contributed by atoms with Crippen LogP contribution in [-0.4, -0.2) is 25.0 Å². The first kappa shape index (κ1) is 16.7. The van der Waals surface area contributed by atoms with Crippen molar-refractivity contribution in [3.63, 3.8) is 0 Å². The van der Waals surface area contributed by atoms with Crippen LogP contribution in [0.25, 0.3) is 0 Å². The predicted molar refractivity (Wildman–Crippen MR) is 91.3 cm³/mol. The summed E-state index contributed by atoms with van der Waals surface area (Å²) in [4.78, 5) is 15.3. The molecule has 1 aromatic rings. The molecule has 5 nitrogen and oxygen atoms in total. The van der Waals surface area contributed by atoms with Gasteiger partial charge in [-0.1, -0.05) is 19.1 Å². The van der Waals surface area contributed by atoms with Crippen molar-refractivity contribution in [1.29, 1.82) is 0 Å². The Hall–Kier alpha value is -1.31. The summed E-state index contributed by atoms with van der Waals surface area (Å²) in [6.45, 7) is 2.82. The number of guanidine groups is 1. The van der Waals surface area contributed by atoms with Gasteiger partial charge in [0.05, 0.1) is 0 Å². The second-order valence-electron chi connectivity index (χ2n) is 4.95. The van der Waals surface area contributed by atoms with Gasteiger partial charge in [-0.2, -0.15) is 0 Å². The van der Waals surface area contributed by atoms with Gasteiger partial charge in [-0.25, -0.2) is 0 Å². The first-order chi connectivity index (χ1) is 9.10. The van der Waals surface area contributed by atoms with Crippen LogP contribution >= 0.6 is 24.0 Å². The zero-order chi connectivity index (χ0) is 13.8. The number of nitrogens with one attached hydrogen (secondary N) is 2. The highest BCUT2D eigenvalue weighted by atomic mass is 127. The van der Waals surface area contributed by atoms with Crippen LogP contribution in [0, 0.1) is 5.92 Å². The molecule has 1 amide bonds. The van der Waals surface area contributed by atoms with Gasteiger partial charge >= 0.3 is 0 Å². The van der Waals surface area contributed by atoms with Gasteiger partial charge in [0.15, 0.2) is 5.96 Å². The van der Waals surface area contributed by atoms with Crippen LogP contribution in [0.15, 0.2) is 29.3 Å². The van der Waals surface area contributed by atoms with Gasteiger partial charge in [-0.05, 0) is 30.0 Å². The fraction of sp³-hybridized carbons (Fsp3) is 0.429. The number of aliphatic imine (C=N–C) groups is 1. The summed E-state index contributed by atoms with van der Waals surface area (Å²) in [5.41, 5.74) is 6.79. The smallest absolute Gasteiger partial charge is 0.248 e. The Labute approximate surface area is 136 Å². The minimum Gasteiger partial charge on any atom is -0.366 e. The van der Waals surface area contributed by atoms with Crippen LogP contribution < -0.4 is 16.4 Å². The zero-order valence-corrected chi connectivity index (χ0v) is 14.0. The third kappa shape index (κ3) is 4.66. The highest BCUT2D eigenvalue weighted by molar-refractivity contribution is 14.0. The molecule has 2 atom stereocenters. The normalized spacial score (nSPS) is 20.8. The van der Waals surface area contributed by atoms with Crippen LogP contribution in [0.4, 0.5) is 0 Å². The number of hydrogen-bond donors (Lipinski definition) is 3. The quantitative estimate of drug-likeness (QED) is 0.415. The van der Waals surface area contributed by atoms with Gasteiger partial charge in [-0.3, -0.25) is 9.79 Å². The summed E-state index contributed by atoms with van der Waals surface area (Å²) in [6, 6.07) is 7.82. The Morgan fingerprint density at radius 3 is 2.75 bits per heavy atom. The van der Waals surface area contributed by atoms with E-state index in [4.69, 9.17) is 5.73 Å². The number of halogens is 1. The minimum absolute atomic E-state index is 0. The third-order valence-electron chi connectivity index (χ3n) is 3.33. The molecule has 0 spiro atoms. The number of carbonyl (C=O) groups excluding carboxylic acids is 1. The van der Waals surface area contributed by atoms with E-state index in [-0.39, 0.29) is 24.0 Å². The largest absolute Gasteiger partial charge is 0.366 e. The molecule has 1 saturated carbocycles. The fourth-order valence-corrected chi connectivity index (χ4v) is 1.91. The monoisotopic (exact) mass is 388 g/mol. The van der Waals surface area contributed by atoms with Gasteiger partial charge in [0.2, 0.25) is 5.91 Å². The summed E-state index contributed by atoms with van der Waals surface area (Å²) < 4.78 is 0. The second kappa shape index (κ2) is 7.47. The van der Waals surface area contributed by atoms with Crippen molar-refractivity contribution in [3.05, 3.63) is 35.4 Å². The van der Waals surface area contributed by atoms with Crippen molar-refractivity contribution >= 4 is 35.8 Å². The number of nitrogens with two attached hydrogens (primary N) is 1. The molecule has 1 aliphatic carbocycles. The van der Waals surface area contributed by atoms with Crippen molar-refractivity contribution in [2.45, 2.75) is 25.9 Å². The number of carbonyl (C=O) groups is 1. The van der Waals surface area contributed by atoms with Crippen molar-refractivity contribution < 1.29 is 4.79 Å². The number of hydrogen-bond acceptors (Lipinski definition) is 2. The molecule has 1 aliphatic rings. The highest BCUT2D eigenvalue weighted by Crippen LogP contribution is 2.28. The van der Waals surface area contributed by atoms with E-state index in [0.29, 0.717) is 18.2 Å². The summed E-state index contributed by atoms with van der Waals surface area (Å²) in [5, 5.41) is 6.58. The van der Waals surface area contributed by atoms with E-state index in [9.17, 15) is 4.79 Å². The lowest BCUT2D eigenvalue weighted by molar-refractivity contribution is 0.1000. The number of amides is 1. The Morgan fingerprint density at radius 2 is 2.20 bits per heavy atom. The molecule has 0 bridgehead atoms. The average molecular weight is 388 g/mol. The Balaban J connectivity index is 0.00000200. The molecule has 20 heavy (non-hydrogen) atoms. The number of nitrogens with zero attached hydrogens (tertiary/aromatic N) is 1. The SMILES string of the molecule is CN=C(NCc1cccc(C(N)=O)c1)NC1CC1C.I. The molecule has 110 valence electrons. The molecule has 2 rings (SSSR count). The molecule has 0 radical (unpaired) electrons. The topological polar surface area (TPSA) is 79.5 Å². The molecule has 6 heteroatoms. The maximum absolute atomic E-state index is 11.1.